The molecule has 0 spiro atoms. The quantitative estimate of drug-likeness (QED) is 0.282. The van der Waals surface area contributed by atoms with Crippen LogP contribution in [0.5, 0.6) is 5.75 Å². The molecule has 0 saturated heterocycles. The van der Waals surface area contributed by atoms with Gasteiger partial charge < -0.3 is 19.9 Å². The summed E-state index contributed by atoms with van der Waals surface area (Å²) in [5.74, 6) is 1.17. The van der Waals surface area contributed by atoms with Crippen molar-refractivity contribution < 1.29 is 14.3 Å². The summed E-state index contributed by atoms with van der Waals surface area (Å²) < 4.78 is 7.06. The SMILES string of the molecule is C=CCn1c(SCC(=O)Nc2ccc(C)cc2C)nnc1[C@@H](NC(=O)c1ccc(OC)cc1)C(C)C. The van der Waals surface area contributed by atoms with Crippen LogP contribution in [0.3, 0.4) is 0 Å². The Labute approximate surface area is 216 Å². The Morgan fingerprint density at radius 1 is 1.14 bits per heavy atom. The molecule has 1 heterocycles. The summed E-state index contributed by atoms with van der Waals surface area (Å²) in [4.78, 5) is 25.6. The van der Waals surface area contributed by atoms with E-state index in [-0.39, 0.29) is 29.5 Å². The van der Waals surface area contributed by atoms with Crippen molar-refractivity contribution in [1.29, 1.82) is 0 Å². The van der Waals surface area contributed by atoms with Crippen LogP contribution in [0.1, 0.15) is 47.2 Å². The number of anilines is 1. The highest BCUT2D eigenvalue weighted by Gasteiger charge is 2.26. The lowest BCUT2D eigenvalue weighted by Gasteiger charge is -2.22. The van der Waals surface area contributed by atoms with Gasteiger partial charge in [-0.1, -0.05) is 49.4 Å². The maximum atomic E-state index is 13.0. The highest BCUT2D eigenvalue weighted by atomic mass is 32.2. The summed E-state index contributed by atoms with van der Waals surface area (Å²) in [7, 11) is 1.58. The van der Waals surface area contributed by atoms with Crippen LogP contribution in [-0.4, -0.2) is 39.4 Å². The van der Waals surface area contributed by atoms with Crippen molar-refractivity contribution in [2.24, 2.45) is 5.92 Å². The average Bonchev–Trinajstić information content (AvgIpc) is 3.25. The van der Waals surface area contributed by atoms with E-state index in [0.29, 0.717) is 28.8 Å². The Bertz CT molecular complexity index is 1220. The van der Waals surface area contributed by atoms with Gasteiger partial charge in [-0.3, -0.25) is 9.59 Å². The molecule has 0 aliphatic heterocycles. The zero-order valence-corrected chi connectivity index (χ0v) is 22.2. The number of carbonyl (C=O) groups is 2. The van der Waals surface area contributed by atoms with E-state index in [1.807, 2.05) is 50.5 Å². The lowest BCUT2D eigenvalue weighted by atomic mass is 10.0. The fourth-order valence-corrected chi connectivity index (χ4v) is 4.46. The third kappa shape index (κ3) is 6.75. The molecule has 0 aliphatic carbocycles. The first-order chi connectivity index (χ1) is 17.2. The molecule has 36 heavy (non-hydrogen) atoms. The predicted molar refractivity (Wildman–Crippen MR) is 144 cm³/mol. The van der Waals surface area contributed by atoms with Gasteiger partial charge in [0.05, 0.1) is 18.9 Å². The minimum atomic E-state index is -0.384. The first-order valence-electron chi connectivity index (χ1n) is 11.7. The number of thioether (sulfide) groups is 1. The lowest BCUT2D eigenvalue weighted by Crippen LogP contribution is -2.33. The van der Waals surface area contributed by atoms with Crippen LogP contribution in [-0.2, 0) is 11.3 Å². The molecule has 2 aromatic carbocycles. The number of carbonyl (C=O) groups excluding carboxylic acids is 2. The van der Waals surface area contributed by atoms with Gasteiger partial charge in [-0.2, -0.15) is 0 Å². The third-order valence-electron chi connectivity index (χ3n) is 5.63. The number of ether oxygens (including phenoxy) is 1. The fourth-order valence-electron chi connectivity index (χ4n) is 3.70. The van der Waals surface area contributed by atoms with Gasteiger partial charge in [0.1, 0.15) is 5.75 Å². The Kier molecular flexibility index (Phi) is 9.30. The van der Waals surface area contributed by atoms with Crippen molar-refractivity contribution in [3.63, 3.8) is 0 Å². The molecule has 2 N–H and O–H groups in total. The molecule has 8 nitrogen and oxygen atoms in total. The van der Waals surface area contributed by atoms with Gasteiger partial charge in [0.15, 0.2) is 11.0 Å². The minimum Gasteiger partial charge on any atom is -0.497 e. The van der Waals surface area contributed by atoms with Crippen LogP contribution in [0.4, 0.5) is 5.69 Å². The molecule has 190 valence electrons. The molecule has 3 aromatic rings. The highest BCUT2D eigenvalue weighted by molar-refractivity contribution is 7.99. The van der Waals surface area contributed by atoms with E-state index >= 15 is 0 Å². The summed E-state index contributed by atoms with van der Waals surface area (Å²) in [5.41, 5.74) is 3.47. The number of hydrogen-bond acceptors (Lipinski definition) is 6. The molecule has 0 fully saturated rings. The highest BCUT2D eigenvalue weighted by Crippen LogP contribution is 2.26. The van der Waals surface area contributed by atoms with Gasteiger partial charge in [-0.15, -0.1) is 16.8 Å². The van der Waals surface area contributed by atoms with Crippen molar-refractivity contribution in [2.45, 2.75) is 45.4 Å². The molecule has 0 aliphatic rings. The van der Waals surface area contributed by atoms with Gasteiger partial charge in [-0.05, 0) is 55.7 Å². The van der Waals surface area contributed by atoms with E-state index in [4.69, 9.17) is 4.74 Å². The molecular weight excluding hydrogens is 474 g/mol. The molecule has 9 heteroatoms. The van der Waals surface area contributed by atoms with E-state index in [1.54, 1.807) is 37.5 Å². The number of hydrogen-bond donors (Lipinski definition) is 2. The lowest BCUT2D eigenvalue weighted by molar-refractivity contribution is -0.113. The van der Waals surface area contributed by atoms with Gasteiger partial charge in [0.25, 0.3) is 5.91 Å². The number of nitrogens with zero attached hydrogens (tertiary/aromatic N) is 3. The molecular formula is C27H33N5O3S. The standard InChI is InChI=1S/C27H33N5O3S/c1-7-14-32-25(24(17(2)3)29-26(34)20-9-11-21(35-6)12-10-20)30-31-27(32)36-16-23(33)28-22-13-8-18(4)15-19(22)5/h7-13,15,17,24H,1,14,16H2,2-6H3,(H,28,33)(H,29,34)/t24-/m0/s1. The van der Waals surface area contributed by atoms with Crippen LogP contribution in [0.2, 0.25) is 0 Å². The minimum absolute atomic E-state index is 0.0469. The normalized spacial score (nSPS) is 11.7. The largest absolute Gasteiger partial charge is 0.497 e. The number of benzene rings is 2. The zero-order valence-electron chi connectivity index (χ0n) is 21.4. The summed E-state index contributed by atoms with van der Waals surface area (Å²) in [6.07, 6.45) is 1.75. The van der Waals surface area contributed by atoms with Crippen molar-refractivity contribution in [3.05, 3.63) is 77.6 Å². The van der Waals surface area contributed by atoms with E-state index < -0.39 is 0 Å². The van der Waals surface area contributed by atoms with Crippen molar-refractivity contribution in [1.82, 2.24) is 20.1 Å². The summed E-state index contributed by atoms with van der Waals surface area (Å²) in [6, 6.07) is 12.5. The molecule has 0 saturated carbocycles. The van der Waals surface area contributed by atoms with Gasteiger partial charge >= 0.3 is 0 Å². The Hall–Kier alpha value is -3.59. The summed E-state index contributed by atoms with van der Waals surface area (Å²) >= 11 is 1.30. The Balaban J connectivity index is 1.74. The van der Waals surface area contributed by atoms with Crippen molar-refractivity contribution >= 4 is 29.3 Å². The number of nitrogens with one attached hydrogen (secondary N) is 2. The maximum absolute atomic E-state index is 13.0. The van der Waals surface area contributed by atoms with Crippen LogP contribution < -0.4 is 15.4 Å². The first-order valence-corrected chi connectivity index (χ1v) is 12.7. The number of aromatic nitrogens is 3. The van der Waals surface area contributed by atoms with Crippen molar-refractivity contribution in [3.8, 4) is 5.75 Å². The maximum Gasteiger partial charge on any atom is 0.251 e. The van der Waals surface area contributed by atoms with Gasteiger partial charge in [0, 0.05) is 17.8 Å². The van der Waals surface area contributed by atoms with E-state index in [1.165, 1.54) is 11.8 Å². The Morgan fingerprint density at radius 2 is 1.86 bits per heavy atom. The van der Waals surface area contributed by atoms with Gasteiger partial charge in [0.2, 0.25) is 5.91 Å². The summed E-state index contributed by atoms with van der Waals surface area (Å²) in [6.45, 7) is 12.3. The fraction of sp³-hybridized carbons (Fsp3) is 0.333. The monoisotopic (exact) mass is 507 g/mol. The third-order valence-corrected chi connectivity index (χ3v) is 6.60. The van der Waals surface area contributed by atoms with E-state index in [9.17, 15) is 9.59 Å². The molecule has 0 unspecified atom stereocenters. The number of allylic oxidation sites excluding steroid dienone is 1. The number of methoxy groups -OCH3 is 1. The van der Waals surface area contributed by atoms with Crippen molar-refractivity contribution in [2.75, 3.05) is 18.2 Å². The molecule has 2 amide bonds. The molecule has 3 rings (SSSR count). The molecule has 0 bridgehead atoms. The van der Waals surface area contributed by atoms with Crippen LogP contribution in [0.25, 0.3) is 0 Å². The number of aryl methyl sites for hydroxylation is 2. The van der Waals surface area contributed by atoms with E-state index in [0.717, 1.165) is 16.8 Å². The number of rotatable bonds is 11. The molecule has 1 aromatic heterocycles. The van der Waals surface area contributed by atoms with Gasteiger partial charge in [-0.25, -0.2) is 0 Å². The zero-order chi connectivity index (χ0) is 26.2. The second-order valence-corrected chi connectivity index (χ2v) is 9.76. The average molecular weight is 508 g/mol. The van der Waals surface area contributed by atoms with Crippen LogP contribution in [0, 0.1) is 19.8 Å². The predicted octanol–water partition coefficient (Wildman–Crippen LogP) is 4.95. The Morgan fingerprint density at radius 3 is 2.47 bits per heavy atom. The second-order valence-electron chi connectivity index (χ2n) is 8.82. The second kappa shape index (κ2) is 12.4. The smallest absolute Gasteiger partial charge is 0.251 e. The van der Waals surface area contributed by atoms with E-state index in [2.05, 4.69) is 27.4 Å². The number of amides is 2. The summed E-state index contributed by atoms with van der Waals surface area (Å²) in [5, 5.41) is 15.3. The molecule has 0 radical (unpaired) electrons. The molecule has 1 atom stereocenters. The van der Waals surface area contributed by atoms with Crippen LogP contribution >= 0.6 is 11.8 Å². The van der Waals surface area contributed by atoms with Crippen LogP contribution in [0.15, 0.2) is 60.3 Å². The topological polar surface area (TPSA) is 98.1 Å². The first kappa shape index (κ1) is 27.0.